The summed E-state index contributed by atoms with van der Waals surface area (Å²) in [6, 6.07) is 7.51. The second-order valence-electron chi connectivity index (χ2n) is 7.35. The zero-order valence-corrected chi connectivity index (χ0v) is 15.6. The van der Waals surface area contributed by atoms with Crippen LogP contribution < -0.4 is 0 Å². The Balaban J connectivity index is 2.12. The van der Waals surface area contributed by atoms with E-state index in [9.17, 15) is 4.79 Å². The van der Waals surface area contributed by atoms with Crippen molar-refractivity contribution in [3.05, 3.63) is 42.3 Å². The van der Waals surface area contributed by atoms with Crippen LogP contribution in [0.5, 0.6) is 0 Å². The van der Waals surface area contributed by atoms with E-state index in [1.807, 2.05) is 12.1 Å². The average Bonchev–Trinajstić information content (AvgIpc) is 2.55. The van der Waals surface area contributed by atoms with Crippen LogP contribution in [0.3, 0.4) is 0 Å². The average molecular weight is 333 g/mol. The Bertz CT molecular complexity index is 457. The minimum atomic E-state index is -0.427. The van der Waals surface area contributed by atoms with Gasteiger partial charge in [0.15, 0.2) is 0 Å². The van der Waals surface area contributed by atoms with E-state index in [0.717, 1.165) is 19.3 Å². The van der Waals surface area contributed by atoms with Gasteiger partial charge >= 0.3 is 5.97 Å². The first-order chi connectivity index (χ1) is 11.4. The van der Waals surface area contributed by atoms with Gasteiger partial charge in [-0.25, -0.2) is 4.79 Å². The van der Waals surface area contributed by atoms with Crippen molar-refractivity contribution in [1.82, 2.24) is 0 Å². The van der Waals surface area contributed by atoms with E-state index in [1.54, 1.807) is 12.1 Å². The lowest BCUT2D eigenvalue weighted by Crippen LogP contribution is -2.12. The molecule has 3 heteroatoms. The van der Waals surface area contributed by atoms with Crippen molar-refractivity contribution in [3.8, 4) is 0 Å². The summed E-state index contributed by atoms with van der Waals surface area (Å²) in [7, 11) is 0. The van der Waals surface area contributed by atoms with Crippen LogP contribution in [-0.2, 0) is 15.2 Å². The van der Waals surface area contributed by atoms with E-state index in [-0.39, 0.29) is 5.41 Å². The lowest BCUT2D eigenvalue weighted by molar-refractivity contribution is -0.241. The highest BCUT2D eigenvalue weighted by atomic mass is 17.2. The summed E-state index contributed by atoms with van der Waals surface area (Å²) in [5.41, 5.74) is 1.79. The molecule has 24 heavy (non-hydrogen) atoms. The Morgan fingerprint density at radius 2 is 1.46 bits per heavy atom. The summed E-state index contributed by atoms with van der Waals surface area (Å²) in [5, 5.41) is 0. The van der Waals surface area contributed by atoms with Gasteiger partial charge < -0.3 is 0 Å². The molecule has 0 unspecified atom stereocenters. The van der Waals surface area contributed by atoms with Crippen LogP contribution in [0.15, 0.2) is 24.3 Å². The van der Waals surface area contributed by atoms with Gasteiger partial charge in [0.05, 0.1) is 12.2 Å². The first kappa shape index (κ1) is 20.7. The summed E-state index contributed by atoms with van der Waals surface area (Å²) >= 11 is 0. The molecule has 1 rings (SSSR count). The molecule has 0 aromatic heterocycles. The number of benzene rings is 1. The van der Waals surface area contributed by atoms with Crippen molar-refractivity contribution >= 4 is 5.97 Å². The third-order valence-electron chi connectivity index (χ3n) is 4.10. The standard InChI is InChI=1S/C21H33O3/c1-5-6-7-8-9-10-11-12-17-23-24-20(22)18-13-15-19(16-14-18)21(2,3)4/h13-16H,1,5-12,17H2,2-4H3. The molecule has 0 spiro atoms. The molecule has 1 aromatic rings. The summed E-state index contributed by atoms with van der Waals surface area (Å²) in [5.74, 6) is -0.427. The van der Waals surface area contributed by atoms with Crippen LogP contribution in [0.1, 0.15) is 88.1 Å². The Morgan fingerprint density at radius 1 is 0.917 bits per heavy atom. The molecular formula is C21H33O3. The van der Waals surface area contributed by atoms with Gasteiger partial charge in [0, 0.05) is 0 Å². The smallest absolute Gasteiger partial charge is 0.293 e. The third kappa shape index (κ3) is 8.49. The summed E-state index contributed by atoms with van der Waals surface area (Å²) in [6.45, 7) is 10.7. The second kappa shape index (κ2) is 11.2. The first-order valence-corrected chi connectivity index (χ1v) is 9.18. The zero-order chi connectivity index (χ0) is 17.8. The number of rotatable bonds is 11. The van der Waals surface area contributed by atoms with Gasteiger partial charge in [-0.3, -0.25) is 4.89 Å². The van der Waals surface area contributed by atoms with E-state index in [1.165, 1.54) is 37.7 Å². The molecule has 0 fully saturated rings. The number of carbonyl (C=O) groups is 1. The second-order valence-corrected chi connectivity index (χ2v) is 7.35. The third-order valence-corrected chi connectivity index (χ3v) is 4.10. The van der Waals surface area contributed by atoms with E-state index < -0.39 is 5.97 Å². The molecule has 0 heterocycles. The van der Waals surface area contributed by atoms with E-state index in [0.29, 0.717) is 12.2 Å². The topological polar surface area (TPSA) is 35.5 Å². The summed E-state index contributed by atoms with van der Waals surface area (Å²) in [4.78, 5) is 21.8. The predicted molar refractivity (Wildman–Crippen MR) is 98.8 cm³/mol. The van der Waals surface area contributed by atoms with Crippen LogP contribution in [0.4, 0.5) is 0 Å². The van der Waals surface area contributed by atoms with Crippen LogP contribution >= 0.6 is 0 Å². The van der Waals surface area contributed by atoms with E-state index in [2.05, 4.69) is 27.7 Å². The SMILES string of the molecule is [CH2]CCCCCCCCCOOC(=O)c1ccc(C(C)(C)C)cc1. The van der Waals surface area contributed by atoms with Crippen molar-refractivity contribution in [3.63, 3.8) is 0 Å². The number of hydrogen-bond donors (Lipinski definition) is 0. The molecule has 0 aliphatic heterocycles. The number of carbonyl (C=O) groups excluding carboxylic acids is 1. The van der Waals surface area contributed by atoms with Crippen LogP contribution in [0.25, 0.3) is 0 Å². The molecule has 0 N–H and O–H groups in total. The minimum Gasteiger partial charge on any atom is -0.293 e. The maximum absolute atomic E-state index is 11.9. The van der Waals surface area contributed by atoms with E-state index >= 15 is 0 Å². The molecule has 1 aromatic carbocycles. The summed E-state index contributed by atoms with van der Waals surface area (Å²) < 4.78 is 0. The van der Waals surface area contributed by atoms with Gasteiger partial charge in [-0.2, -0.15) is 4.89 Å². The van der Waals surface area contributed by atoms with Gasteiger partial charge in [0.2, 0.25) is 0 Å². The lowest BCUT2D eigenvalue weighted by Gasteiger charge is -2.18. The zero-order valence-electron chi connectivity index (χ0n) is 15.6. The lowest BCUT2D eigenvalue weighted by atomic mass is 9.87. The Hall–Kier alpha value is -1.35. The molecule has 0 amide bonds. The fourth-order valence-corrected chi connectivity index (χ4v) is 2.47. The molecule has 3 nitrogen and oxygen atoms in total. The molecule has 0 aliphatic rings. The minimum absolute atomic E-state index is 0.0758. The van der Waals surface area contributed by atoms with E-state index in [4.69, 9.17) is 9.78 Å². The highest BCUT2D eigenvalue weighted by molar-refractivity contribution is 5.88. The normalized spacial score (nSPS) is 11.5. The Kier molecular flexibility index (Phi) is 9.70. The van der Waals surface area contributed by atoms with Crippen molar-refractivity contribution in [2.24, 2.45) is 0 Å². The Labute approximate surface area is 147 Å². The predicted octanol–water partition coefficient (Wildman–Crippen LogP) is 6.03. The highest BCUT2D eigenvalue weighted by Gasteiger charge is 2.15. The molecule has 0 bridgehead atoms. The monoisotopic (exact) mass is 333 g/mol. The quantitative estimate of drug-likeness (QED) is 0.282. The molecule has 0 atom stereocenters. The molecule has 0 aliphatic carbocycles. The number of unbranched alkanes of at least 4 members (excludes halogenated alkanes) is 7. The maximum Gasteiger partial charge on any atom is 0.373 e. The van der Waals surface area contributed by atoms with Crippen molar-refractivity contribution in [2.45, 2.75) is 77.6 Å². The van der Waals surface area contributed by atoms with Gasteiger partial charge in [0.1, 0.15) is 0 Å². The van der Waals surface area contributed by atoms with Crippen LogP contribution in [-0.4, -0.2) is 12.6 Å². The summed E-state index contributed by atoms with van der Waals surface area (Å²) in [6.07, 6.45) is 9.35. The molecular weight excluding hydrogens is 300 g/mol. The molecule has 0 saturated heterocycles. The van der Waals surface area contributed by atoms with Gasteiger partial charge in [0.25, 0.3) is 0 Å². The van der Waals surface area contributed by atoms with Gasteiger partial charge in [-0.05, 0) is 29.5 Å². The molecule has 1 radical (unpaired) electrons. The van der Waals surface area contributed by atoms with Crippen molar-refractivity contribution in [2.75, 3.05) is 6.61 Å². The molecule has 135 valence electrons. The van der Waals surface area contributed by atoms with Gasteiger partial charge in [-0.15, -0.1) is 0 Å². The van der Waals surface area contributed by atoms with Crippen LogP contribution in [0.2, 0.25) is 0 Å². The van der Waals surface area contributed by atoms with Gasteiger partial charge in [-0.1, -0.05) is 84.8 Å². The maximum atomic E-state index is 11.9. The fraction of sp³-hybridized carbons (Fsp3) is 0.619. The number of hydrogen-bond acceptors (Lipinski definition) is 3. The fourth-order valence-electron chi connectivity index (χ4n) is 2.47. The van der Waals surface area contributed by atoms with Crippen molar-refractivity contribution < 1.29 is 14.6 Å². The largest absolute Gasteiger partial charge is 0.373 e. The first-order valence-electron chi connectivity index (χ1n) is 9.18. The molecule has 0 saturated carbocycles. The van der Waals surface area contributed by atoms with Crippen LogP contribution in [0, 0.1) is 6.92 Å². The Morgan fingerprint density at radius 3 is 2.00 bits per heavy atom. The van der Waals surface area contributed by atoms with Crippen molar-refractivity contribution in [1.29, 1.82) is 0 Å². The highest BCUT2D eigenvalue weighted by Crippen LogP contribution is 2.22.